The van der Waals surface area contributed by atoms with Gasteiger partial charge in [0.1, 0.15) is 18.1 Å². The number of amides is 1. The Morgan fingerprint density at radius 2 is 1.83 bits per heavy atom. The van der Waals surface area contributed by atoms with Gasteiger partial charge in [-0.1, -0.05) is 36.4 Å². The van der Waals surface area contributed by atoms with Crippen LogP contribution in [0.25, 0.3) is 10.8 Å². The minimum atomic E-state index is -0.510. The van der Waals surface area contributed by atoms with Crippen molar-refractivity contribution in [1.82, 2.24) is 0 Å². The molecule has 0 radical (unpaired) electrons. The minimum absolute atomic E-state index is 0.0954. The van der Waals surface area contributed by atoms with Crippen molar-refractivity contribution in [2.24, 2.45) is 0 Å². The molecule has 4 rings (SSSR count). The number of ether oxygens (including phenoxy) is 1. The molecule has 0 fully saturated rings. The first-order valence-electron chi connectivity index (χ1n) is 9.26. The summed E-state index contributed by atoms with van der Waals surface area (Å²) < 4.78 is 11.3. The van der Waals surface area contributed by atoms with Crippen molar-refractivity contribution in [2.45, 2.75) is 13.5 Å². The summed E-state index contributed by atoms with van der Waals surface area (Å²) in [6.07, 6.45) is 0. The Bertz CT molecular complexity index is 1250. The molecule has 7 nitrogen and oxygen atoms in total. The van der Waals surface area contributed by atoms with Gasteiger partial charge in [0.25, 0.3) is 11.6 Å². The molecule has 0 saturated heterocycles. The van der Waals surface area contributed by atoms with Crippen LogP contribution < -0.4 is 10.1 Å². The van der Waals surface area contributed by atoms with Gasteiger partial charge >= 0.3 is 0 Å². The van der Waals surface area contributed by atoms with E-state index in [0.717, 1.165) is 10.8 Å². The van der Waals surface area contributed by atoms with E-state index in [1.807, 2.05) is 42.5 Å². The summed E-state index contributed by atoms with van der Waals surface area (Å²) in [4.78, 5) is 22.9. The van der Waals surface area contributed by atoms with E-state index in [1.165, 1.54) is 12.1 Å². The Balaban J connectivity index is 1.42. The van der Waals surface area contributed by atoms with Crippen molar-refractivity contribution in [3.63, 3.8) is 0 Å². The van der Waals surface area contributed by atoms with Gasteiger partial charge < -0.3 is 14.5 Å². The number of benzene rings is 3. The molecule has 1 amide bonds. The molecule has 7 heteroatoms. The predicted molar refractivity (Wildman–Crippen MR) is 113 cm³/mol. The van der Waals surface area contributed by atoms with Crippen LogP contribution in [0.2, 0.25) is 0 Å². The average Bonchev–Trinajstić information content (AvgIpc) is 3.23. The standard InChI is InChI=1S/C23H18N2O5/c1-15-6-8-18(25(27)28)13-21(15)24-23(26)22-11-10-20(30-22)14-29-19-9-7-16-4-2-3-5-17(16)12-19/h2-13H,14H2,1H3,(H,24,26). The first-order chi connectivity index (χ1) is 14.5. The molecule has 0 aliphatic rings. The summed E-state index contributed by atoms with van der Waals surface area (Å²) in [6, 6.07) is 21.3. The zero-order valence-corrected chi connectivity index (χ0v) is 16.1. The zero-order chi connectivity index (χ0) is 21.1. The van der Waals surface area contributed by atoms with Gasteiger partial charge in [-0.15, -0.1) is 0 Å². The smallest absolute Gasteiger partial charge is 0.291 e. The Morgan fingerprint density at radius 1 is 1.03 bits per heavy atom. The Labute approximate surface area is 172 Å². The number of aryl methyl sites for hydroxylation is 1. The van der Waals surface area contributed by atoms with Crippen LogP contribution in [0.3, 0.4) is 0 Å². The number of carbonyl (C=O) groups excluding carboxylic acids is 1. The van der Waals surface area contributed by atoms with Crippen molar-refractivity contribution in [3.05, 3.63) is 100.0 Å². The zero-order valence-electron chi connectivity index (χ0n) is 16.1. The van der Waals surface area contributed by atoms with Gasteiger partial charge in [0.15, 0.2) is 5.76 Å². The SMILES string of the molecule is Cc1ccc([N+](=O)[O-])cc1NC(=O)c1ccc(COc2ccc3ccccc3c2)o1. The number of furan rings is 1. The van der Waals surface area contributed by atoms with Crippen LogP contribution in [0.15, 0.2) is 77.2 Å². The van der Waals surface area contributed by atoms with Crippen LogP contribution in [0, 0.1) is 17.0 Å². The normalized spacial score (nSPS) is 10.7. The number of hydrogen-bond donors (Lipinski definition) is 1. The monoisotopic (exact) mass is 402 g/mol. The maximum atomic E-state index is 12.5. The van der Waals surface area contributed by atoms with E-state index < -0.39 is 10.8 Å². The molecular weight excluding hydrogens is 384 g/mol. The van der Waals surface area contributed by atoms with Gasteiger partial charge in [0.2, 0.25) is 0 Å². The van der Waals surface area contributed by atoms with Crippen molar-refractivity contribution < 1.29 is 18.9 Å². The van der Waals surface area contributed by atoms with E-state index in [0.29, 0.717) is 22.8 Å². The molecule has 0 aliphatic heterocycles. The van der Waals surface area contributed by atoms with Gasteiger partial charge in [0.05, 0.1) is 10.6 Å². The molecule has 0 spiro atoms. The molecule has 0 unspecified atom stereocenters. The molecule has 0 saturated carbocycles. The number of non-ortho nitro benzene ring substituents is 1. The summed E-state index contributed by atoms with van der Waals surface area (Å²) in [6.45, 7) is 1.92. The van der Waals surface area contributed by atoms with Gasteiger partial charge in [-0.25, -0.2) is 0 Å². The molecule has 1 N–H and O–H groups in total. The van der Waals surface area contributed by atoms with Crippen molar-refractivity contribution >= 4 is 28.1 Å². The summed E-state index contributed by atoms with van der Waals surface area (Å²) in [5.74, 6) is 0.793. The van der Waals surface area contributed by atoms with Crippen molar-refractivity contribution in [1.29, 1.82) is 0 Å². The predicted octanol–water partition coefficient (Wildman–Crippen LogP) is 5.48. The second kappa shape index (κ2) is 8.08. The second-order valence-electron chi connectivity index (χ2n) is 6.77. The molecule has 150 valence electrons. The molecule has 1 heterocycles. The summed E-state index contributed by atoms with van der Waals surface area (Å²) in [5, 5.41) is 15.8. The van der Waals surface area contributed by atoms with E-state index in [2.05, 4.69) is 5.32 Å². The van der Waals surface area contributed by atoms with Crippen molar-refractivity contribution in [2.75, 3.05) is 5.32 Å². The topological polar surface area (TPSA) is 94.6 Å². The van der Waals surface area contributed by atoms with Crippen LogP contribution in [-0.2, 0) is 6.61 Å². The Kier molecular flexibility index (Phi) is 5.17. The lowest BCUT2D eigenvalue weighted by atomic mass is 10.1. The third kappa shape index (κ3) is 4.15. The second-order valence-corrected chi connectivity index (χ2v) is 6.77. The van der Waals surface area contributed by atoms with Gasteiger partial charge in [-0.05, 0) is 47.5 Å². The molecular formula is C23H18N2O5. The van der Waals surface area contributed by atoms with Gasteiger partial charge in [-0.2, -0.15) is 0 Å². The van der Waals surface area contributed by atoms with E-state index in [9.17, 15) is 14.9 Å². The summed E-state index contributed by atoms with van der Waals surface area (Å²) in [7, 11) is 0. The highest BCUT2D eigenvalue weighted by molar-refractivity contribution is 6.02. The molecule has 3 aromatic carbocycles. The largest absolute Gasteiger partial charge is 0.486 e. The first kappa shape index (κ1) is 19.2. The number of carbonyl (C=O) groups is 1. The quantitative estimate of drug-likeness (QED) is 0.340. The lowest BCUT2D eigenvalue weighted by Gasteiger charge is -2.07. The molecule has 4 aromatic rings. The number of rotatable bonds is 6. The van der Waals surface area contributed by atoms with Crippen LogP contribution in [0.4, 0.5) is 11.4 Å². The van der Waals surface area contributed by atoms with Crippen LogP contribution in [0.5, 0.6) is 5.75 Å². The number of nitrogens with zero attached hydrogens (tertiary/aromatic N) is 1. The van der Waals surface area contributed by atoms with Crippen LogP contribution >= 0.6 is 0 Å². The van der Waals surface area contributed by atoms with Gasteiger partial charge in [-0.3, -0.25) is 14.9 Å². The Hall–Kier alpha value is -4.13. The average molecular weight is 402 g/mol. The lowest BCUT2D eigenvalue weighted by Crippen LogP contribution is -2.12. The third-order valence-electron chi connectivity index (χ3n) is 4.67. The highest BCUT2D eigenvalue weighted by atomic mass is 16.6. The molecule has 1 aromatic heterocycles. The fraction of sp³-hybridized carbons (Fsp3) is 0.0870. The van der Waals surface area contributed by atoms with E-state index in [1.54, 1.807) is 25.1 Å². The molecule has 0 bridgehead atoms. The van der Waals surface area contributed by atoms with Crippen LogP contribution in [-0.4, -0.2) is 10.8 Å². The van der Waals surface area contributed by atoms with Gasteiger partial charge in [0, 0.05) is 12.1 Å². The van der Waals surface area contributed by atoms with E-state index in [4.69, 9.17) is 9.15 Å². The van der Waals surface area contributed by atoms with Crippen LogP contribution in [0.1, 0.15) is 21.9 Å². The Morgan fingerprint density at radius 3 is 2.63 bits per heavy atom. The molecule has 0 atom stereocenters. The highest BCUT2D eigenvalue weighted by Gasteiger charge is 2.15. The first-order valence-corrected chi connectivity index (χ1v) is 9.26. The maximum absolute atomic E-state index is 12.5. The number of nitro benzene ring substituents is 1. The molecule has 30 heavy (non-hydrogen) atoms. The number of nitro groups is 1. The minimum Gasteiger partial charge on any atom is -0.486 e. The lowest BCUT2D eigenvalue weighted by molar-refractivity contribution is -0.384. The summed E-state index contributed by atoms with van der Waals surface area (Å²) >= 11 is 0. The number of anilines is 1. The number of fused-ring (bicyclic) bond motifs is 1. The number of hydrogen-bond acceptors (Lipinski definition) is 5. The maximum Gasteiger partial charge on any atom is 0.291 e. The number of nitrogens with one attached hydrogen (secondary N) is 1. The highest BCUT2D eigenvalue weighted by Crippen LogP contribution is 2.24. The molecule has 0 aliphatic carbocycles. The fourth-order valence-corrected chi connectivity index (χ4v) is 3.03. The summed E-state index contributed by atoms with van der Waals surface area (Å²) in [5.41, 5.74) is 0.972. The van der Waals surface area contributed by atoms with E-state index >= 15 is 0 Å². The fourth-order valence-electron chi connectivity index (χ4n) is 3.03. The van der Waals surface area contributed by atoms with E-state index in [-0.39, 0.29) is 18.1 Å². The third-order valence-corrected chi connectivity index (χ3v) is 4.67. The van der Waals surface area contributed by atoms with Crippen molar-refractivity contribution in [3.8, 4) is 5.75 Å².